The zero-order chi connectivity index (χ0) is 35.8. The zero-order valence-corrected chi connectivity index (χ0v) is 32.7. The Morgan fingerprint density at radius 3 is 1.55 bits per heavy atom. The van der Waals surface area contributed by atoms with Crippen molar-refractivity contribution in [3.63, 3.8) is 0 Å². The van der Waals surface area contributed by atoms with Gasteiger partial charge in [-0.25, -0.2) is 0 Å². The maximum absolute atomic E-state index is 12.7. The summed E-state index contributed by atoms with van der Waals surface area (Å²) in [6.07, 6.45) is 27.1. The normalized spacial score (nSPS) is 22.4. The fourth-order valence-corrected chi connectivity index (χ4v) is 7.42. The van der Waals surface area contributed by atoms with Gasteiger partial charge in [0.1, 0.15) is 0 Å². The van der Waals surface area contributed by atoms with Crippen LogP contribution in [-0.4, -0.2) is 49.7 Å². The van der Waals surface area contributed by atoms with E-state index in [9.17, 15) is 9.59 Å². The topological polar surface area (TPSA) is 55.8 Å². The lowest BCUT2D eigenvalue weighted by Gasteiger charge is -2.26. The molecule has 0 N–H and O–H groups in total. The number of hydrogen-bond acceptors (Lipinski definition) is 5. The molecular weight excluding hydrogens is 606 g/mol. The first-order valence-electron chi connectivity index (χ1n) is 20.9. The summed E-state index contributed by atoms with van der Waals surface area (Å²) in [5.41, 5.74) is 10.5. The first-order chi connectivity index (χ1) is 24.0. The van der Waals surface area contributed by atoms with Gasteiger partial charge >= 0.3 is 11.9 Å². The maximum atomic E-state index is 12.7. The molecule has 1 aliphatic heterocycles. The summed E-state index contributed by atoms with van der Waals surface area (Å²) in [6.45, 7) is 17.1. The van der Waals surface area contributed by atoms with Crippen LogP contribution in [0.25, 0.3) is 0 Å². The number of nitrogens with zero attached hydrogens (tertiary/aromatic N) is 1. The highest BCUT2D eigenvalue weighted by Gasteiger charge is 2.24. The average Bonchev–Trinajstić information content (AvgIpc) is 3.10. The minimum Gasteiger partial charge on any atom is -0.466 e. The molecule has 0 spiro atoms. The van der Waals surface area contributed by atoms with E-state index >= 15 is 0 Å². The van der Waals surface area contributed by atoms with Gasteiger partial charge in [0.2, 0.25) is 0 Å². The Labute approximate surface area is 303 Å². The molecule has 1 aliphatic rings. The molecule has 0 bridgehead atoms. The quantitative estimate of drug-likeness (QED) is 0.110. The lowest BCUT2D eigenvalue weighted by molar-refractivity contribution is -0.144. The third kappa shape index (κ3) is 23.9. The van der Waals surface area contributed by atoms with Crippen molar-refractivity contribution in [3.05, 3.63) is 29.3 Å². The van der Waals surface area contributed by atoms with Crippen LogP contribution < -0.4 is 0 Å². The molecule has 0 radical (unpaired) electrons. The standard InChI is InChI=1S/C44H77NO4/c1-6-11-20-28-40-34-37-48-43(46)31-24-18-14-16-22-26-39(33-36-45(9-4)10-5)27-23-17-15-19-25-32-44(47)49-38-35-41(29-21-12-7-2)42(40)30-13-8-3/h39-41H,3,6-7,9-12,14-29,31-38H2,1-2,4-5H3. The highest BCUT2D eigenvalue weighted by molar-refractivity contribution is 5.69. The van der Waals surface area contributed by atoms with Crippen LogP contribution >= 0.6 is 0 Å². The molecule has 1 saturated heterocycles. The van der Waals surface area contributed by atoms with Crippen LogP contribution in [0.15, 0.2) is 29.3 Å². The van der Waals surface area contributed by atoms with E-state index in [0.29, 0.717) is 26.1 Å². The molecule has 0 aromatic heterocycles. The molecule has 0 amide bonds. The van der Waals surface area contributed by atoms with E-state index in [0.717, 1.165) is 96.1 Å². The Bertz CT molecular complexity index is 900. The van der Waals surface area contributed by atoms with Gasteiger partial charge in [0.15, 0.2) is 0 Å². The Hall–Kier alpha value is -2.02. The van der Waals surface area contributed by atoms with Crippen LogP contribution in [0.1, 0.15) is 188 Å². The number of hydrogen-bond donors (Lipinski definition) is 0. The minimum atomic E-state index is -0.0660. The van der Waals surface area contributed by atoms with Crippen molar-refractivity contribution in [1.29, 1.82) is 0 Å². The van der Waals surface area contributed by atoms with Crippen molar-refractivity contribution in [2.24, 2.45) is 17.8 Å². The molecule has 0 saturated carbocycles. The molecule has 5 nitrogen and oxygen atoms in total. The van der Waals surface area contributed by atoms with Gasteiger partial charge in [0, 0.05) is 12.8 Å². The first kappa shape index (κ1) is 45.0. The number of esters is 2. The number of allylic oxidation sites excluding steroid dienone is 1. The van der Waals surface area contributed by atoms with Gasteiger partial charge in [-0.05, 0) is 100 Å². The molecule has 5 heteroatoms. The molecule has 282 valence electrons. The number of carbonyl (C=O) groups excluding carboxylic acids is 2. The molecule has 2 atom stereocenters. The minimum absolute atomic E-state index is 0.0660. The van der Waals surface area contributed by atoms with Crippen LogP contribution in [0.3, 0.4) is 0 Å². The lowest BCUT2D eigenvalue weighted by atomic mass is 9.79. The third-order valence-electron chi connectivity index (χ3n) is 10.7. The summed E-state index contributed by atoms with van der Waals surface area (Å²) in [5, 5.41) is 0. The Kier molecular flexibility index (Phi) is 29.3. The van der Waals surface area contributed by atoms with E-state index in [4.69, 9.17) is 9.47 Å². The second kappa shape index (κ2) is 31.9. The molecule has 1 fully saturated rings. The largest absolute Gasteiger partial charge is 0.466 e. The van der Waals surface area contributed by atoms with Gasteiger partial charge in [-0.3, -0.25) is 9.59 Å². The van der Waals surface area contributed by atoms with Crippen molar-refractivity contribution in [1.82, 2.24) is 4.90 Å². The predicted octanol–water partition coefficient (Wildman–Crippen LogP) is 12.1. The van der Waals surface area contributed by atoms with Gasteiger partial charge in [0.05, 0.1) is 13.2 Å². The second-order valence-electron chi connectivity index (χ2n) is 14.6. The van der Waals surface area contributed by atoms with Gasteiger partial charge in [-0.2, -0.15) is 0 Å². The van der Waals surface area contributed by atoms with Crippen LogP contribution in [0.4, 0.5) is 0 Å². The Balaban J connectivity index is 2.98. The van der Waals surface area contributed by atoms with Crippen LogP contribution in [-0.2, 0) is 19.1 Å². The molecule has 0 aromatic rings. The summed E-state index contributed by atoms with van der Waals surface area (Å²) in [4.78, 5) is 28.0. The summed E-state index contributed by atoms with van der Waals surface area (Å²) in [5.74, 6) is 1.17. The van der Waals surface area contributed by atoms with E-state index < -0.39 is 0 Å². The van der Waals surface area contributed by atoms with E-state index in [1.165, 1.54) is 82.7 Å². The number of carbonyl (C=O) groups is 2. The maximum Gasteiger partial charge on any atom is 0.305 e. The Morgan fingerprint density at radius 1 is 0.633 bits per heavy atom. The van der Waals surface area contributed by atoms with Gasteiger partial charge < -0.3 is 14.4 Å². The fourth-order valence-electron chi connectivity index (χ4n) is 7.42. The van der Waals surface area contributed by atoms with E-state index in [1.807, 2.05) is 0 Å². The van der Waals surface area contributed by atoms with Crippen LogP contribution in [0, 0.1) is 17.8 Å². The fraction of sp³-hybridized carbons (Fsp3) is 0.841. The summed E-state index contributed by atoms with van der Waals surface area (Å²) >= 11 is 0. The van der Waals surface area contributed by atoms with Crippen molar-refractivity contribution in [2.75, 3.05) is 32.8 Å². The molecule has 1 rings (SSSR count). The molecule has 49 heavy (non-hydrogen) atoms. The number of cyclic esters (lactones) is 2. The number of unbranched alkanes of at least 4 members (excludes halogenated alkanes) is 4. The van der Waals surface area contributed by atoms with Gasteiger partial charge in [-0.15, -0.1) is 0 Å². The molecule has 0 aliphatic carbocycles. The predicted molar refractivity (Wildman–Crippen MR) is 207 cm³/mol. The molecular formula is C44H77NO4. The number of ether oxygens (including phenoxy) is 2. The monoisotopic (exact) mass is 684 g/mol. The van der Waals surface area contributed by atoms with Crippen molar-refractivity contribution < 1.29 is 19.1 Å². The zero-order valence-electron chi connectivity index (χ0n) is 32.7. The molecule has 2 unspecified atom stereocenters. The van der Waals surface area contributed by atoms with Crippen molar-refractivity contribution in [2.45, 2.75) is 188 Å². The first-order valence-corrected chi connectivity index (χ1v) is 20.9. The Morgan fingerprint density at radius 2 is 1.10 bits per heavy atom. The van der Waals surface area contributed by atoms with E-state index in [2.05, 4.69) is 56.4 Å². The third-order valence-corrected chi connectivity index (χ3v) is 10.7. The second-order valence-corrected chi connectivity index (χ2v) is 14.6. The van der Waals surface area contributed by atoms with Crippen molar-refractivity contribution in [3.8, 4) is 0 Å². The lowest BCUT2D eigenvalue weighted by Crippen LogP contribution is -2.25. The highest BCUT2D eigenvalue weighted by Crippen LogP contribution is 2.33. The van der Waals surface area contributed by atoms with Gasteiger partial charge in [0.25, 0.3) is 0 Å². The smallest absolute Gasteiger partial charge is 0.305 e. The van der Waals surface area contributed by atoms with Gasteiger partial charge in [-0.1, -0.05) is 142 Å². The van der Waals surface area contributed by atoms with Crippen LogP contribution in [0.2, 0.25) is 0 Å². The number of rotatable bonds is 13. The van der Waals surface area contributed by atoms with E-state index in [1.54, 1.807) is 0 Å². The molecule has 0 aromatic carbocycles. The van der Waals surface area contributed by atoms with Crippen LogP contribution in [0.5, 0.6) is 0 Å². The van der Waals surface area contributed by atoms with Crippen molar-refractivity contribution >= 4 is 11.9 Å². The average molecular weight is 684 g/mol. The summed E-state index contributed by atoms with van der Waals surface area (Å²) in [6, 6.07) is 0. The molecule has 1 heterocycles. The highest BCUT2D eigenvalue weighted by atomic mass is 16.5. The summed E-state index contributed by atoms with van der Waals surface area (Å²) in [7, 11) is 0. The summed E-state index contributed by atoms with van der Waals surface area (Å²) < 4.78 is 11.6. The SMILES string of the molecule is C=C=C=C=C1C(CCCCC)CCOC(=O)CCCCCCCC(CCN(CC)CC)CCCCCCCC(=O)OCCC1CCCCC. The van der Waals surface area contributed by atoms with E-state index in [-0.39, 0.29) is 23.8 Å².